The normalized spacial score (nSPS) is 19.3. The number of carboxylic acid groups (broad SMARTS) is 1. The summed E-state index contributed by atoms with van der Waals surface area (Å²) in [7, 11) is 0. The van der Waals surface area contributed by atoms with E-state index in [2.05, 4.69) is 0 Å². The minimum atomic E-state index is -2.60. The van der Waals surface area contributed by atoms with Gasteiger partial charge in [0, 0.05) is 32.5 Å². The highest BCUT2D eigenvalue weighted by Crippen LogP contribution is 2.28. The summed E-state index contributed by atoms with van der Waals surface area (Å²) in [5, 5.41) is 8.70. The fourth-order valence-corrected chi connectivity index (χ4v) is 2.13. The number of benzene rings is 1. The molecule has 0 aromatic heterocycles. The minimum Gasteiger partial charge on any atom is -0.478 e. The van der Waals surface area contributed by atoms with Gasteiger partial charge in [0.25, 0.3) is 5.92 Å². The molecule has 6 heteroatoms. The van der Waals surface area contributed by atoms with Gasteiger partial charge in [-0.1, -0.05) is 6.07 Å². The zero-order valence-corrected chi connectivity index (χ0v) is 10.2. The number of hydrogen-bond donors (Lipinski definition) is 1. The number of rotatable bonds is 3. The van der Waals surface area contributed by atoms with Crippen LogP contribution in [-0.4, -0.2) is 35.0 Å². The number of piperidine rings is 1. The molecular formula is C13H14F3NO2. The zero-order chi connectivity index (χ0) is 14.0. The fourth-order valence-electron chi connectivity index (χ4n) is 2.13. The molecule has 0 amide bonds. The van der Waals surface area contributed by atoms with E-state index in [9.17, 15) is 18.0 Å². The number of carboxylic acids is 1. The third-order valence-corrected chi connectivity index (χ3v) is 3.26. The first-order valence-electron chi connectivity index (χ1n) is 5.99. The Labute approximate surface area is 108 Å². The summed E-state index contributed by atoms with van der Waals surface area (Å²) in [4.78, 5) is 12.5. The summed E-state index contributed by atoms with van der Waals surface area (Å²) in [6, 6.07) is 3.86. The summed E-state index contributed by atoms with van der Waals surface area (Å²) in [5.74, 6) is -4.72. The van der Waals surface area contributed by atoms with E-state index in [0.29, 0.717) is 12.1 Å². The first-order chi connectivity index (χ1) is 8.87. The smallest absolute Gasteiger partial charge is 0.338 e. The van der Waals surface area contributed by atoms with Crippen LogP contribution in [0.25, 0.3) is 0 Å². The van der Waals surface area contributed by atoms with Crippen molar-refractivity contribution in [2.75, 3.05) is 13.1 Å². The topological polar surface area (TPSA) is 40.5 Å². The van der Waals surface area contributed by atoms with Gasteiger partial charge in [-0.15, -0.1) is 0 Å². The Morgan fingerprint density at radius 2 is 1.95 bits per heavy atom. The summed E-state index contributed by atoms with van der Waals surface area (Å²) in [6.45, 7) is 0.873. The lowest BCUT2D eigenvalue weighted by Gasteiger charge is -2.31. The van der Waals surface area contributed by atoms with Gasteiger partial charge in [-0.25, -0.2) is 18.0 Å². The fraction of sp³-hybridized carbons (Fsp3) is 0.462. The number of carbonyl (C=O) groups is 1. The Hall–Kier alpha value is -1.56. The molecule has 1 saturated heterocycles. The van der Waals surface area contributed by atoms with Gasteiger partial charge >= 0.3 is 5.97 Å². The minimum absolute atomic E-state index is 0.192. The molecule has 1 N–H and O–H groups in total. The van der Waals surface area contributed by atoms with Crippen molar-refractivity contribution in [3.63, 3.8) is 0 Å². The van der Waals surface area contributed by atoms with Crippen molar-refractivity contribution >= 4 is 5.97 Å². The van der Waals surface area contributed by atoms with Crippen LogP contribution in [0.15, 0.2) is 18.2 Å². The van der Waals surface area contributed by atoms with Crippen molar-refractivity contribution in [2.45, 2.75) is 25.3 Å². The SMILES string of the molecule is O=C(O)c1ccc(CN2CCC(F)(F)CC2)cc1F. The molecule has 1 aliphatic heterocycles. The Kier molecular flexibility index (Phi) is 3.80. The number of nitrogens with zero attached hydrogens (tertiary/aromatic N) is 1. The molecule has 0 saturated carbocycles. The zero-order valence-electron chi connectivity index (χ0n) is 10.2. The molecule has 0 atom stereocenters. The maximum absolute atomic E-state index is 13.5. The standard InChI is InChI=1S/C13H14F3NO2/c14-11-7-9(1-2-10(11)12(18)19)8-17-5-3-13(15,16)4-6-17/h1-2,7H,3-6,8H2,(H,18,19). The van der Waals surface area contributed by atoms with Crippen LogP contribution in [0.5, 0.6) is 0 Å². The predicted octanol–water partition coefficient (Wildman–Crippen LogP) is 2.76. The highest BCUT2D eigenvalue weighted by atomic mass is 19.3. The van der Waals surface area contributed by atoms with Gasteiger partial charge in [0.05, 0.1) is 5.56 Å². The molecule has 19 heavy (non-hydrogen) atoms. The molecule has 1 aromatic carbocycles. The molecule has 0 bridgehead atoms. The second-order valence-corrected chi connectivity index (χ2v) is 4.75. The molecule has 1 aromatic rings. The van der Waals surface area contributed by atoms with E-state index in [1.807, 2.05) is 4.90 Å². The second kappa shape index (κ2) is 5.21. The number of hydrogen-bond acceptors (Lipinski definition) is 2. The molecule has 0 spiro atoms. The lowest BCUT2D eigenvalue weighted by atomic mass is 10.1. The highest BCUT2D eigenvalue weighted by molar-refractivity contribution is 5.87. The molecule has 0 unspecified atom stereocenters. The molecule has 1 heterocycles. The number of likely N-dealkylation sites (tertiary alicyclic amines) is 1. The van der Waals surface area contributed by atoms with Crippen LogP contribution >= 0.6 is 0 Å². The maximum Gasteiger partial charge on any atom is 0.338 e. The maximum atomic E-state index is 13.5. The van der Waals surface area contributed by atoms with Gasteiger partial charge in [0.1, 0.15) is 5.82 Å². The number of alkyl halides is 2. The van der Waals surface area contributed by atoms with Crippen LogP contribution in [0.1, 0.15) is 28.8 Å². The average Bonchev–Trinajstić information content (AvgIpc) is 2.31. The third-order valence-electron chi connectivity index (χ3n) is 3.26. The van der Waals surface area contributed by atoms with Crippen molar-refractivity contribution in [3.05, 3.63) is 35.1 Å². The second-order valence-electron chi connectivity index (χ2n) is 4.75. The first-order valence-corrected chi connectivity index (χ1v) is 5.99. The van der Waals surface area contributed by atoms with E-state index in [1.54, 1.807) is 0 Å². The molecule has 0 aliphatic carbocycles. The van der Waals surface area contributed by atoms with Gasteiger partial charge in [0.2, 0.25) is 0 Å². The van der Waals surface area contributed by atoms with Crippen molar-refractivity contribution in [1.29, 1.82) is 0 Å². The number of halogens is 3. The Balaban J connectivity index is 2.01. The summed E-state index contributed by atoms with van der Waals surface area (Å²) >= 11 is 0. The predicted molar refractivity (Wildman–Crippen MR) is 62.8 cm³/mol. The average molecular weight is 273 g/mol. The van der Waals surface area contributed by atoms with Crippen LogP contribution in [0.2, 0.25) is 0 Å². The van der Waals surface area contributed by atoms with Crippen LogP contribution in [-0.2, 0) is 6.54 Å². The molecule has 2 rings (SSSR count). The Morgan fingerprint density at radius 1 is 1.32 bits per heavy atom. The lowest BCUT2D eigenvalue weighted by molar-refractivity contribution is -0.0566. The van der Waals surface area contributed by atoms with E-state index in [1.165, 1.54) is 12.1 Å². The summed E-state index contributed by atoms with van der Waals surface area (Å²) < 4.78 is 39.4. The summed E-state index contributed by atoms with van der Waals surface area (Å²) in [5.41, 5.74) is 0.210. The van der Waals surface area contributed by atoms with Crippen LogP contribution in [0.4, 0.5) is 13.2 Å². The van der Waals surface area contributed by atoms with Crippen LogP contribution in [0.3, 0.4) is 0 Å². The Morgan fingerprint density at radius 3 is 2.47 bits per heavy atom. The van der Waals surface area contributed by atoms with E-state index < -0.39 is 17.7 Å². The van der Waals surface area contributed by atoms with E-state index in [4.69, 9.17) is 5.11 Å². The largest absolute Gasteiger partial charge is 0.478 e. The van der Waals surface area contributed by atoms with E-state index in [0.717, 1.165) is 6.07 Å². The Bertz CT molecular complexity index is 481. The van der Waals surface area contributed by atoms with Crippen molar-refractivity contribution in [2.24, 2.45) is 0 Å². The van der Waals surface area contributed by atoms with Gasteiger partial charge in [0.15, 0.2) is 0 Å². The van der Waals surface area contributed by atoms with E-state index >= 15 is 0 Å². The van der Waals surface area contributed by atoms with Gasteiger partial charge in [-0.2, -0.15) is 0 Å². The highest BCUT2D eigenvalue weighted by Gasteiger charge is 2.33. The molecule has 0 radical (unpaired) electrons. The quantitative estimate of drug-likeness (QED) is 0.920. The molecule has 1 aliphatic rings. The van der Waals surface area contributed by atoms with Crippen molar-refractivity contribution in [1.82, 2.24) is 4.90 Å². The molecule has 104 valence electrons. The van der Waals surface area contributed by atoms with Crippen molar-refractivity contribution in [3.8, 4) is 0 Å². The monoisotopic (exact) mass is 273 g/mol. The molecule has 1 fully saturated rings. The summed E-state index contributed by atoms with van der Waals surface area (Å²) in [6.07, 6.45) is -0.384. The lowest BCUT2D eigenvalue weighted by Crippen LogP contribution is -2.38. The molecular weight excluding hydrogens is 259 g/mol. The first kappa shape index (κ1) is 13.9. The van der Waals surface area contributed by atoms with Gasteiger partial charge in [-0.05, 0) is 17.7 Å². The van der Waals surface area contributed by atoms with Gasteiger partial charge in [-0.3, -0.25) is 4.90 Å². The van der Waals surface area contributed by atoms with Crippen LogP contribution in [0, 0.1) is 5.82 Å². The van der Waals surface area contributed by atoms with E-state index in [-0.39, 0.29) is 31.5 Å². The third kappa shape index (κ3) is 3.47. The van der Waals surface area contributed by atoms with Gasteiger partial charge < -0.3 is 5.11 Å². The number of aromatic carboxylic acids is 1. The van der Waals surface area contributed by atoms with Crippen LogP contribution < -0.4 is 0 Å². The molecule has 3 nitrogen and oxygen atoms in total. The van der Waals surface area contributed by atoms with Crippen molar-refractivity contribution < 1.29 is 23.1 Å².